The van der Waals surface area contributed by atoms with E-state index in [0.717, 1.165) is 5.69 Å². The van der Waals surface area contributed by atoms with Crippen molar-refractivity contribution in [3.63, 3.8) is 0 Å². The van der Waals surface area contributed by atoms with Crippen molar-refractivity contribution in [2.75, 3.05) is 37.6 Å². The quantitative estimate of drug-likeness (QED) is 0.593. The number of aliphatic hydroxyl groups is 1. The average molecular weight is 344 g/mol. The summed E-state index contributed by atoms with van der Waals surface area (Å²) in [7, 11) is 3.17. The van der Waals surface area contributed by atoms with Crippen LogP contribution in [-0.2, 0) is 13.1 Å². The van der Waals surface area contributed by atoms with Gasteiger partial charge in [-0.2, -0.15) is 5.10 Å². The van der Waals surface area contributed by atoms with E-state index in [-0.39, 0.29) is 19.0 Å². The molecule has 23 heavy (non-hydrogen) atoms. The van der Waals surface area contributed by atoms with Crippen molar-refractivity contribution in [2.45, 2.75) is 13.1 Å². The number of halogens is 1. The lowest BCUT2D eigenvalue weighted by atomic mass is 10.2. The van der Waals surface area contributed by atoms with E-state index >= 15 is 0 Å². The van der Waals surface area contributed by atoms with Crippen LogP contribution in [0.15, 0.2) is 18.2 Å². The summed E-state index contributed by atoms with van der Waals surface area (Å²) in [5.41, 5.74) is 13.7. The normalized spacial score (nSPS) is 10.0. The minimum Gasteiger partial charge on any atom is -0.493 e. The van der Waals surface area contributed by atoms with Crippen LogP contribution in [0, 0.1) is 0 Å². The first-order valence-corrected chi connectivity index (χ1v) is 6.78. The Morgan fingerprint density at radius 3 is 2.52 bits per heavy atom. The molecule has 0 atom stereocenters. The molecule has 1 aromatic carbocycles. The molecular weight excluding hydrogens is 322 g/mol. The van der Waals surface area contributed by atoms with Crippen LogP contribution in [-0.4, -0.2) is 35.7 Å². The monoisotopic (exact) mass is 343 g/mol. The van der Waals surface area contributed by atoms with Crippen molar-refractivity contribution in [3.05, 3.63) is 23.9 Å². The molecule has 0 saturated heterocycles. The molecule has 0 spiro atoms. The third kappa shape index (κ3) is 4.11. The van der Waals surface area contributed by atoms with Crippen LogP contribution in [0.4, 0.5) is 17.2 Å². The molecule has 0 radical (unpaired) electrons. The number of nitrogens with one attached hydrogen (secondary N) is 1. The van der Waals surface area contributed by atoms with Crippen molar-refractivity contribution < 1.29 is 14.6 Å². The highest BCUT2D eigenvalue weighted by atomic mass is 35.5. The number of nitrogens with zero attached hydrogens (tertiary/aromatic N) is 2. The summed E-state index contributed by atoms with van der Waals surface area (Å²) < 4.78 is 11.9. The molecule has 0 aliphatic carbocycles. The Morgan fingerprint density at radius 1 is 1.22 bits per heavy atom. The van der Waals surface area contributed by atoms with Crippen molar-refractivity contribution in [1.82, 2.24) is 9.78 Å². The van der Waals surface area contributed by atoms with Gasteiger partial charge in [0.25, 0.3) is 0 Å². The smallest absolute Gasteiger partial charge is 0.162 e. The standard InChI is InChI=1S/C14H21N5O3.ClH/c1-21-11-4-3-9(7-12(11)22-2)17-8-10-13(15)14(16)19(18-10)5-6-20;/h3-4,7,17,20H,5-6,8,15-16H2,1-2H3;1H. The molecule has 6 N–H and O–H groups in total. The summed E-state index contributed by atoms with van der Waals surface area (Å²) in [6, 6.07) is 5.50. The summed E-state index contributed by atoms with van der Waals surface area (Å²) >= 11 is 0. The molecule has 1 heterocycles. The Kier molecular flexibility index (Phi) is 6.80. The summed E-state index contributed by atoms with van der Waals surface area (Å²) in [4.78, 5) is 0. The predicted molar refractivity (Wildman–Crippen MR) is 92.3 cm³/mol. The van der Waals surface area contributed by atoms with Crippen molar-refractivity contribution in [1.29, 1.82) is 0 Å². The number of hydrogen-bond acceptors (Lipinski definition) is 7. The first kappa shape index (κ1) is 18.7. The number of rotatable bonds is 7. The molecule has 8 nitrogen and oxygen atoms in total. The van der Waals surface area contributed by atoms with Crippen LogP contribution in [0.3, 0.4) is 0 Å². The van der Waals surface area contributed by atoms with Gasteiger partial charge in [0.05, 0.1) is 39.6 Å². The van der Waals surface area contributed by atoms with Crippen molar-refractivity contribution >= 4 is 29.6 Å². The zero-order valence-corrected chi connectivity index (χ0v) is 13.9. The number of anilines is 3. The molecule has 2 rings (SSSR count). The van der Waals surface area contributed by atoms with Crippen LogP contribution >= 0.6 is 12.4 Å². The fourth-order valence-corrected chi connectivity index (χ4v) is 2.07. The van der Waals surface area contributed by atoms with Gasteiger partial charge in [0, 0.05) is 11.8 Å². The maximum absolute atomic E-state index is 8.96. The van der Waals surface area contributed by atoms with Gasteiger partial charge in [-0.05, 0) is 12.1 Å². The third-order valence-corrected chi connectivity index (χ3v) is 3.26. The zero-order chi connectivity index (χ0) is 16.1. The van der Waals surface area contributed by atoms with Gasteiger partial charge in [0.15, 0.2) is 11.5 Å². The Hall–Kier alpha value is -2.32. The molecule has 128 valence electrons. The molecule has 1 aromatic heterocycles. The third-order valence-electron chi connectivity index (χ3n) is 3.26. The summed E-state index contributed by atoms with van der Waals surface area (Å²) in [6.45, 7) is 0.671. The fourth-order valence-electron chi connectivity index (χ4n) is 2.07. The number of benzene rings is 1. The van der Waals surface area contributed by atoms with Gasteiger partial charge in [0.2, 0.25) is 0 Å². The molecule has 0 fully saturated rings. The zero-order valence-electron chi connectivity index (χ0n) is 13.1. The van der Waals surface area contributed by atoms with Gasteiger partial charge in [0.1, 0.15) is 11.5 Å². The van der Waals surface area contributed by atoms with Gasteiger partial charge in [-0.25, -0.2) is 4.68 Å². The van der Waals surface area contributed by atoms with E-state index in [9.17, 15) is 0 Å². The summed E-state index contributed by atoms with van der Waals surface area (Å²) in [5, 5.41) is 16.4. The number of methoxy groups -OCH3 is 2. The van der Waals surface area contributed by atoms with Gasteiger partial charge >= 0.3 is 0 Å². The molecule has 2 aromatic rings. The lowest BCUT2D eigenvalue weighted by Gasteiger charge is -2.10. The van der Waals surface area contributed by atoms with Crippen LogP contribution in [0.25, 0.3) is 0 Å². The van der Waals surface area contributed by atoms with E-state index in [0.29, 0.717) is 41.8 Å². The molecule has 0 amide bonds. The minimum atomic E-state index is -0.0478. The van der Waals surface area contributed by atoms with Gasteiger partial charge in [-0.3, -0.25) is 0 Å². The van der Waals surface area contributed by atoms with Crippen molar-refractivity contribution in [3.8, 4) is 11.5 Å². The second kappa shape index (κ2) is 8.35. The molecule has 0 aliphatic rings. The molecule has 0 bridgehead atoms. The van der Waals surface area contributed by atoms with E-state index in [1.54, 1.807) is 14.2 Å². The van der Waals surface area contributed by atoms with Gasteiger partial charge < -0.3 is 31.4 Å². The number of aromatic nitrogens is 2. The Bertz CT molecular complexity index is 648. The molecule has 0 saturated carbocycles. The Morgan fingerprint density at radius 2 is 1.91 bits per heavy atom. The van der Waals surface area contributed by atoms with E-state index in [4.69, 9.17) is 26.0 Å². The summed E-state index contributed by atoms with van der Waals surface area (Å²) in [6.07, 6.45) is 0. The molecule has 0 aliphatic heterocycles. The SMILES string of the molecule is COc1ccc(NCc2nn(CCO)c(N)c2N)cc1OC.Cl. The fraction of sp³-hybridized carbons (Fsp3) is 0.357. The van der Waals surface area contributed by atoms with E-state index in [1.807, 2.05) is 18.2 Å². The maximum atomic E-state index is 8.96. The second-order valence-corrected chi connectivity index (χ2v) is 4.62. The first-order valence-electron chi connectivity index (χ1n) is 6.78. The van der Waals surface area contributed by atoms with Crippen LogP contribution in [0.1, 0.15) is 5.69 Å². The average Bonchev–Trinajstić information content (AvgIpc) is 2.81. The minimum absolute atomic E-state index is 0. The van der Waals surface area contributed by atoms with Gasteiger partial charge in [-0.1, -0.05) is 0 Å². The highest BCUT2D eigenvalue weighted by Crippen LogP contribution is 2.30. The number of nitrogen functional groups attached to an aromatic ring is 2. The van der Waals surface area contributed by atoms with E-state index in [2.05, 4.69) is 10.4 Å². The predicted octanol–water partition coefficient (Wildman–Crippen LogP) is 1.09. The topological polar surface area (TPSA) is 121 Å². The number of aliphatic hydroxyl groups excluding tert-OH is 1. The number of nitrogens with two attached hydrogens (primary N) is 2. The van der Waals surface area contributed by atoms with E-state index < -0.39 is 0 Å². The molecule has 0 unspecified atom stereocenters. The summed E-state index contributed by atoms with van der Waals surface area (Å²) in [5.74, 6) is 1.65. The molecule has 9 heteroatoms. The molecular formula is C14H22ClN5O3. The Labute approximate surface area is 140 Å². The van der Waals surface area contributed by atoms with Crippen LogP contribution in [0.2, 0.25) is 0 Å². The van der Waals surface area contributed by atoms with Gasteiger partial charge in [-0.15, -0.1) is 12.4 Å². The van der Waals surface area contributed by atoms with E-state index in [1.165, 1.54) is 4.68 Å². The number of hydrogen-bond donors (Lipinski definition) is 4. The Balaban J connectivity index is 0.00000264. The highest BCUT2D eigenvalue weighted by Gasteiger charge is 2.12. The maximum Gasteiger partial charge on any atom is 0.162 e. The second-order valence-electron chi connectivity index (χ2n) is 4.62. The van der Waals surface area contributed by atoms with Crippen LogP contribution < -0.4 is 26.3 Å². The highest BCUT2D eigenvalue weighted by molar-refractivity contribution is 5.85. The lowest BCUT2D eigenvalue weighted by Crippen LogP contribution is -2.08. The first-order chi connectivity index (χ1) is 10.6. The van der Waals surface area contributed by atoms with Crippen molar-refractivity contribution in [2.24, 2.45) is 0 Å². The largest absolute Gasteiger partial charge is 0.493 e. The number of ether oxygens (including phenoxy) is 2. The lowest BCUT2D eigenvalue weighted by molar-refractivity contribution is 0.270. The van der Waals surface area contributed by atoms with Crippen LogP contribution in [0.5, 0.6) is 11.5 Å².